The lowest BCUT2D eigenvalue weighted by molar-refractivity contribution is -0.152. The van der Waals surface area contributed by atoms with Gasteiger partial charge in [-0.1, -0.05) is 6.08 Å². The van der Waals surface area contributed by atoms with Gasteiger partial charge in [-0.3, -0.25) is 4.79 Å². The first-order chi connectivity index (χ1) is 13.0. The maximum absolute atomic E-state index is 12.4. The third kappa shape index (κ3) is 5.00. The lowest BCUT2D eigenvalue weighted by atomic mass is 10.0. The molecule has 0 saturated heterocycles. The van der Waals surface area contributed by atoms with Gasteiger partial charge in [-0.2, -0.15) is 0 Å². The highest BCUT2D eigenvalue weighted by atomic mass is 16.5. The van der Waals surface area contributed by atoms with E-state index < -0.39 is 11.6 Å². The SMILES string of the molecule is Cc1cc(/C=C/C(=O)c2ccc(N(C)C)cc2)cc(C)c1OC(C)(C)C(=O)O. The Morgan fingerprint density at radius 1 is 1.04 bits per heavy atom. The number of carboxylic acid groups (broad SMARTS) is 1. The molecule has 0 fully saturated rings. The zero-order chi connectivity index (χ0) is 21.1. The lowest BCUT2D eigenvalue weighted by Gasteiger charge is -2.24. The summed E-state index contributed by atoms with van der Waals surface area (Å²) in [6.07, 6.45) is 3.30. The van der Waals surface area contributed by atoms with Crippen LogP contribution >= 0.6 is 0 Å². The summed E-state index contributed by atoms with van der Waals surface area (Å²) in [5.74, 6) is -0.552. The second-order valence-corrected chi connectivity index (χ2v) is 7.54. The Hall–Kier alpha value is -3.08. The summed E-state index contributed by atoms with van der Waals surface area (Å²) in [4.78, 5) is 25.7. The number of rotatable bonds is 7. The van der Waals surface area contributed by atoms with Crippen molar-refractivity contribution in [3.05, 3.63) is 64.7 Å². The second kappa shape index (κ2) is 8.30. The molecule has 0 spiro atoms. The molecule has 28 heavy (non-hydrogen) atoms. The molecule has 0 amide bonds. The zero-order valence-electron chi connectivity index (χ0n) is 17.2. The van der Waals surface area contributed by atoms with Crippen molar-refractivity contribution < 1.29 is 19.4 Å². The van der Waals surface area contributed by atoms with E-state index in [4.69, 9.17) is 4.74 Å². The zero-order valence-corrected chi connectivity index (χ0v) is 17.2. The first-order valence-electron chi connectivity index (χ1n) is 9.04. The highest BCUT2D eigenvalue weighted by Gasteiger charge is 2.30. The monoisotopic (exact) mass is 381 g/mol. The minimum Gasteiger partial charge on any atom is -0.478 e. The summed E-state index contributed by atoms with van der Waals surface area (Å²) in [5, 5.41) is 9.26. The van der Waals surface area contributed by atoms with Crippen LogP contribution in [0.1, 0.15) is 40.9 Å². The molecule has 5 heteroatoms. The Balaban J connectivity index is 2.20. The third-order valence-corrected chi connectivity index (χ3v) is 4.45. The Morgan fingerprint density at radius 2 is 1.57 bits per heavy atom. The largest absolute Gasteiger partial charge is 0.478 e. The van der Waals surface area contributed by atoms with Crippen molar-refractivity contribution in [2.45, 2.75) is 33.3 Å². The second-order valence-electron chi connectivity index (χ2n) is 7.54. The molecule has 0 aromatic heterocycles. The molecule has 0 aliphatic rings. The summed E-state index contributed by atoms with van der Waals surface area (Å²) in [7, 11) is 3.90. The Morgan fingerprint density at radius 3 is 2.04 bits per heavy atom. The fraction of sp³-hybridized carbons (Fsp3) is 0.304. The van der Waals surface area contributed by atoms with Crippen molar-refractivity contribution in [1.82, 2.24) is 0 Å². The van der Waals surface area contributed by atoms with Crippen LogP contribution in [0.5, 0.6) is 5.75 Å². The number of carbonyl (C=O) groups excluding carboxylic acids is 1. The maximum Gasteiger partial charge on any atom is 0.347 e. The maximum atomic E-state index is 12.4. The first-order valence-corrected chi connectivity index (χ1v) is 9.04. The van der Waals surface area contributed by atoms with E-state index in [1.807, 2.05) is 69.2 Å². The molecule has 148 valence electrons. The number of aliphatic carboxylic acids is 1. The number of aryl methyl sites for hydroxylation is 2. The molecule has 2 aromatic rings. The standard InChI is InChI=1S/C23H27NO4/c1-15-13-17(14-16(2)21(15)28-23(3,4)22(26)27)7-12-20(25)18-8-10-19(11-9-18)24(5)6/h7-14H,1-6H3,(H,26,27)/b12-7+. The predicted octanol–water partition coefficient (Wildman–Crippen LogP) is 4.51. The van der Waals surface area contributed by atoms with Crippen molar-refractivity contribution in [1.29, 1.82) is 0 Å². The molecule has 0 unspecified atom stereocenters. The molecule has 1 N–H and O–H groups in total. The summed E-state index contributed by atoms with van der Waals surface area (Å²) >= 11 is 0. The van der Waals surface area contributed by atoms with Gasteiger partial charge in [0.15, 0.2) is 11.4 Å². The molecule has 5 nitrogen and oxygen atoms in total. The number of anilines is 1. The number of hydrogen-bond acceptors (Lipinski definition) is 4. The molecule has 0 saturated carbocycles. The van der Waals surface area contributed by atoms with Crippen LogP contribution in [0, 0.1) is 13.8 Å². The van der Waals surface area contributed by atoms with E-state index in [9.17, 15) is 14.7 Å². The van der Waals surface area contributed by atoms with Gasteiger partial charge in [-0.15, -0.1) is 0 Å². The molecule has 2 aromatic carbocycles. The number of allylic oxidation sites excluding steroid dienone is 1. The minimum atomic E-state index is -1.32. The minimum absolute atomic E-state index is 0.0760. The predicted molar refractivity (Wildman–Crippen MR) is 112 cm³/mol. The van der Waals surface area contributed by atoms with Gasteiger partial charge in [0.2, 0.25) is 0 Å². The molecular formula is C23H27NO4. The van der Waals surface area contributed by atoms with Crippen molar-refractivity contribution in [3.8, 4) is 5.75 Å². The van der Waals surface area contributed by atoms with Gasteiger partial charge >= 0.3 is 5.97 Å². The molecule has 0 bridgehead atoms. The molecule has 0 radical (unpaired) electrons. The quantitative estimate of drug-likeness (QED) is 0.565. The average Bonchev–Trinajstić information content (AvgIpc) is 2.62. The van der Waals surface area contributed by atoms with Crippen LogP contribution in [0.3, 0.4) is 0 Å². The van der Waals surface area contributed by atoms with Crippen LogP contribution < -0.4 is 9.64 Å². The Kier molecular flexibility index (Phi) is 6.29. The van der Waals surface area contributed by atoms with E-state index in [1.165, 1.54) is 13.8 Å². The van der Waals surface area contributed by atoms with E-state index in [2.05, 4.69) is 0 Å². The van der Waals surface area contributed by atoms with Gasteiger partial charge in [0.25, 0.3) is 0 Å². The third-order valence-electron chi connectivity index (χ3n) is 4.45. The van der Waals surface area contributed by atoms with Crippen LogP contribution in [-0.2, 0) is 4.79 Å². The Labute approximate surface area is 166 Å². The van der Waals surface area contributed by atoms with Crippen LogP contribution in [0.4, 0.5) is 5.69 Å². The normalized spacial score (nSPS) is 11.5. The van der Waals surface area contributed by atoms with Gasteiger partial charge in [-0.05, 0) is 86.9 Å². The van der Waals surface area contributed by atoms with E-state index in [0.29, 0.717) is 11.3 Å². The summed E-state index contributed by atoms with van der Waals surface area (Å²) in [5.41, 5.74) is 2.83. The van der Waals surface area contributed by atoms with E-state index in [1.54, 1.807) is 12.2 Å². The van der Waals surface area contributed by atoms with Gasteiger partial charge < -0.3 is 14.7 Å². The summed E-state index contributed by atoms with van der Waals surface area (Å²) < 4.78 is 5.71. The Bertz CT molecular complexity index is 886. The van der Waals surface area contributed by atoms with Gasteiger partial charge in [0, 0.05) is 25.3 Å². The summed E-state index contributed by atoms with van der Waals surface area (Å²) in [6.45, 7) is 6.75. The number of ketones is 1. The van der Waals surface area contributed by atoms with Gasteiger partial charge in [0.1, 0.15) is 5.75 Å². The fourth-order valence-corrected chi connectivity index (χ4v) is 2.73. The van der Waals surface area contributed by atoms with E-state index >= 15 is 0 Å². The highest BCUT2D eigenvalue weighted by Crippen LogP contribution is 2.29. The van der Waals surface area contributed by atoms with Crippen LogP contribution in [0.25, 0.3) is 6.08 Å². The average molecular weight is 381 g/mol. The van der Waals surface area contributed by atoms with Crippen molar-refractivity contribution in [3.63, 3.8) is 0 Å². The molecule has 0 atom stereocenters. The highest BCUT2D eigenvalue weighted by molar-refractivity contribution is 6.07. The molecule has 2 rings (SSSR count). The van der Waals surface area contributed by atoms with Crippen LogP contribution in [-0.4, -0.2) is 36.6 Å². The van der Waals surface area contributed by atoms with Gasteiger partial charge in [0.05, 0.1) is 0 Å². The van der Waals surface area contributed by atoms with Crippen LogP contribution in [0.2, 0.25) is 0 Å². The van der Waals surface area contributed by atoms with Crippen molar-refractivity contribution in [2.24, 2.45) is 0 Å². The van der Waals surface area contributed by atoms with Crippen LogP contribution in [0.15, 0.2) is 42.5 Å². The number of carbonyl (C=O) groups is 2. The molecule has 0 aliphatic carbocycles. The number of hydrogen-bond donors (Lipinski definition) is 1. The number of carboxylic acids is 1. The van der Waals surface area contributed by atoms with Crippen molar-refractivity contribution in [2.75, 3.05) is 19.0 Å². The smallest absolute Gasteiger partial charge is 0.347 e. The molecule has 0 heterocycles. The lowest BCUT2D eigenvalue weighted by Crippen LogP contribution is -2.38. The topological polar surface area (TPSA) is 66.8 Å². The fourth-order valence-electron chi connectivity index (χ4n) is 2.73. The van der Waals surface area contributed by atoms with E-state index in [-0.39, 0.29) is 5.78 Å². The number of ether oxygens (including phenoxy) is 1. The molecule has 0 aliphatic heterocycles. The van der Waals surface area contributed by atoms with E-state index in [0.717, 1.165) is 22.4 Å². The first kappa shape index (κ1) is 21.2. The number of nitrogens with zero attached hydrogens (tertiary/aromatic N) is 1. The van der Waals surface area contributed by atoms with Gasteiger partial charge in [-0.25, -0.2) is 4.79 Å². The number of benzene rings is 2. The molecular weight excluding hydrogens is 354 g/mol. The van der Waals surface area contributed by atoms with Crippen molar-refractivity contribution >= 4 is 23.5 Å². The summed E-state index contributed by atoms with van der Waals surface area (Å²) in [6, 6.07) is 11.2.